The van der Waals surface area contributed by atoms with E-state index in [9.17, 15) is 0 Å². The summed E-state index contributed by atoms with van der Waals surface area (Å²) < 4.78 is 0. The van der Waals surface area contributed by atoms with Gasteiger partial charge in [0.1, 0.15) is 0 Å². The molecule has 1 atom stereocenters. The van der Waals surface area contributed by atoms with Crippen LogP contribution in [0.4, 0.5) is 0 Å². The number of aliphatic imine (C=N–C) groups is 1. The van der Waals surface area contributed by atoms with E-state index in [0.29, 0.717) is 11.9 Å². The van der Waals surface area contributed by atoms with E-state index in [4.69, 9.17) is 5.73 Å². The van der Waals surface area contributed by atoms with Crippen molar-refractivity contribution in [2.75, 3.05) is 13.1 Å². The Labute approximate surface area is 116 Å². The molecule has 0 saturated heterocycles. The molecule has 3 nitrogen and oxygen atoms in total. The van der Waals surface area contributed by atoms with Crippen molar-refractivity contribution in [2.45, 2.75) is 38.5 Å². The second-order valence-corrected chi connectivity index (χ2v) is 5.42. The Morgan fingerprint density at radius 2 is 2.11 bits per heavy atom. The van der Waals surface area contributed by atoms with E-state index in [1.807, 2.05) is 6.07 Å². The minimum absolute atomic E-state index is 0.463. The van der Waals surface area contributed by atoms with Crippen LogP contribution < -0.4 is 11.1 Å². The molecule has 2 rings (SSSR count). The number of nitrogens with zero attached hydrogens (tertiary/aromatic N) is 1. The highest BCUT2D eigenvalue weighted by atomic mass is 15.1. The minimum atomic E-state index is 0.463. The summed E-state index contributed by atoms with van der Waals surface area (Å²) in [6.45, 7) is 3.95. The zero-order chi connectivity index (χ0) is 13.5. The van der Waals surface area contributed by atoms with Crippen LogP contribution in [0.15, 0.2) is 35.3 Å². The van der Waals surface area contributed by atoms with Crippen LogP contribution in [0, 0.1) is 5.92 Å². The van der Waals surface area contributed by atoms with Crippen molar-refractivity contribution in [2.24, 2.45) is 16.6 Å². The third-order valence-corrected chi connectivity index (χ3v) is 4.04. The van der Waals surface area contributed by atoms with E-state index in [-0.39, 0.29) is 0 Å². The molecule has 3 heteroatoms. The molecule has 0 spiro atoms. The van der Waals surface area contributed by atoms with Crippen molar-refractivity contribution in [1.29, 1.82) is 0 Å². The number of guanidine groups is 1. The number of hydrogen-bond acceptors (Lipinski definition) is 1. The van der Waals surface area contributed by atoms with E-state index >= 15 is 0 Å². The van der Waals surface area contributed by atoms with Crippen LogP contribution in [0.25, 0.3) is 0 Å². The van der Waals surface area contributed by atoms with E-state index in [2.05, 4.69) is 41.5 Å². The Bertz CT molecular complexity index is 396. The molecule has 1 saturated carbocycles. The maximum atomic E-state index is 5.92. The van der Waals surface area contributed by atoms with Crippen LogP contribution in [-0.4, -0.2) is 19.0 Å². The van der Waals surface area contributed by atoms with Gasteiger partial charge in [-0.2, -0.15) is 0 Å². The van der Waals surface area contributed by atoms with E-state index in [0.717, 1.165) is 25.4 Å². The first-order valence-electron chi connectivity index (χ1n) is 7.38. The SMILES string of the molecule is CCC(CN=C(N)NCC1CCC1)c1ccccc1. The van der Waals surface area contributed by atoms with Crippen molar-refractivity contribution in [1.82, 2.24) is 5.32 Å². The Morgan fingerprint density at radius 3 is 2.68 bits per heavy atom. The number of hydrogen-bond donors (Lipinski definition) is 2. The summed E-state index contributed by atoms with van der Waals surface area (Å²) in [6.07, 6.45) is 5.13. The summed E-state index contributed by atoms with van der Waals surface area (Å²) in [4.78, 5) is 4.49. The maximum absolute atomic E-state index is 5.92. The average molecular weight is 259 g/mol. The molecule has 0 aromatic heterocycles. The van der Waals surface area contributed by atoms with E-state index < -0.39 is 0 Å². The van der Waals surface area contributed by atoms with Gasteiger partial charge >= 0.3 is 0 Å². The molecule has 0 bridgehead atoms. The van der Waals surface area contributed by atoms with Gasteiger partial charge in [-0.25, -0.2) is 0 Å². The predicted molar refractivity (Wildman–Crippen MR) is 81.3 cm³/mol. The van der Waals surface area contributed by atoms with Gasteiger partial charge in [-0.05, 0) is 30.7 Å². The highest BCUT2D eigenvalue weighted by Crippen LogP contribution is 2.25. The van der Waals surface area contributed by atoms with Gasteiger partial charge in [0.25, 0.3) is 0 Å². The molecule has 1 aliphatic rings. The van der Waals surface area contributed by atoms with E-state index in [1.54, 1.807) is 0 Å². The van der Waals surface area contributed by atoms with Crippen molar-refractivity contribution >= 4 is 5.96 Å². The minimum Gasteiger partial charge on any atom is -0.370 e. The second kappa shape index (κ2) is 7.17. The van der Waals surface area contributed by atoms with Gasteiger partial charge in [0, 0.05) is 19.0 Å². The summed E-state index contributed by atoms with van der Waals surface area (Å²) in [6, 6.07) is 10.6. The van der Waals surface area contributed by atoms with Crippen molar-refractivity contribution in [3.05, 3.63) is 35.9 Å². The van der Waals surface area contributed by atoms with Gasteiger partial charge in [-0.15, -0.1) is 0 Å². The lowest BCUT2D eigenvalue weighted by atomic mass is 9.85. The Morgan fingerprint density at radius 1 is 1.37 bits per heavy atom. The molecule has 19 heavy (non-hydrogen) atoms. The normalized spacial score (nSPS) is 17.8. The van der Waals surface area contributed by atoms with Crippen LogP contribution in [0.3, 0.4) is 0 Å². The van der Waals surface area contributed by atoms with Gasteiger partial charge in [0.15, 0.2) is 5.96 Å². The molecule has 104 valence electrons. The lowest BCUT2D eigenvalue weighted by Gasteiger charge is -2.25. The predicted octanol–water partition coefficient (Wildman–Crippen LogP) is 2.88. The Hall–Kier alpha value is -1.51. The van der Waals surface area contributed by atoms with E-state index in [1.165, 1.54) is 24.8 Å². The summed E-state index contributed by atoms with van der Waals surface area (Å²) in [5.74, 6) is 1.87. The molecular formula is C16H25N3. The summed E-state index contributed by atoms with van der Waals surface area (Å²) in [5, 5.41) is 3.24. The second-order valence-electron chi connectivity index (χ2n) is 5.42. The number of nitrogens with two attached hydrogens (primary N) is 1. The molecule has 0 aliphatic heterocycles. The lowest BCUT2D eigenvalue weighted by molar-refractivity contribution is 0.315. The topological polar surface area (TPSA) is 50.4 Å². The monoisotopic (exact) mass is 259 g/mol. The molecule has 1 aliphatic carbocycles. The smallest absolute Gasteiger partial charge is 0.188 e. The van der Waals surface area contributed by atoms with Crippen molar-refractivity contribution in [3.8, 4) is 0 Å². The van der Waals surface area contributed by atoms with Gasteiger partial charge < -0.3 is 11.1 Å². The molecule has 0 heterocycles. The third kappa shape index (κ3) is 4.27. The highest BCUT2D eigenvalue weighted by molar-refractivity contribution is 5.77. The van der Waals surface area contributed by atoms with Crippen LogP contribution in [0.2, 0.25) is 0 Å². The first-order chi connectivity index (χ1) is 9.29. The summed E-state index contributed by atoms with van der Waals surface area (Å²) in [7, 11) is 0. The summed E-state index contributed by atoms with van der Waals surface area (Å²) in [5.41, 5.74) is 7.27. The number of nitrogens with one attached hydrogen (secondary N) is 1. The average Bonchev–Trinajstić information content (AvgIpc) is 2.39. The number of benzene rings is 1. The Balaban J connectivity index is 1.80. The van der Waals surface area contributed by atoms with Gasteiger partial charge in [0.2, 0.25) is 0 Å². The fourth-order valence-electron chi connectivity index (χ4n) is 2.41. The fourth-order valence-corrected chi connectivity index (χ4v) is 2.41. The van der Waals surface area contributed by atoms with Gasteiger partial charge in [-0.3, -0.25) is 4.99 Å². The summed E-state index contributed by atoms with van der Waals surface area (Å²) >= 11 is 0. The first kappa shape index (κ1) is 13.9. The third-order valence-electron chi connectivity index (χ3n) is 4.04. The quantitative estimate of drug-likeness (QED) is 0.609. The molecule has 1 aromatic carbocycles. The molecule has 1 unspecified atom stereocenters. The largest absolute Gasteiger partial charge is 0.370 e. The van der Waals surface area contributed by atoms with Crippen molar-refractivity contribution in [3.63, 3.8) is 0 Å². The van der Waals surface area contributed by atoms with Crippen LogP contribution >= 0.6 is 0 Å². The molecular weight excluding hydrogens is 234 g/mol. The van der Waals surface area contributed by atoms with Crippen LogP contribution in [0.1, 0.15) is 44.1 Å². The zero-order valence-electron chi connectivity index (χ0n) is 11.8. The first-order valence-corrected chi connectivity index (χ1v) is 7.38. The van der Waals surface area contributed by atoms with Crippen molar-refractivity contribution < 1.29 is 0 Å². The van der Waals surface area contributed by atoms with Gasteiger partial charge in [-0.1, -0.05) is 43.7 Å². The zero-order valence-corrected chi connectivity index (χ0v) is 11.8. The Kier molecular flexibility index (Phi) is 5.25. The highest BCUT2D eigenvalue weighted by Gasteiger charge is 2.16. The molecule has 0 amide bonds. The lowest BCUT2D eigenvalue weighted by Crippen LogP contribution is -2.37. The van der Waals surface area contributed by atoms with Gasteiger partial charge in [0.05, 0.1) is 0 Å². The molecule has 0 radical (unpaired) electrons. The number of rotatable bonds is 6. The van der Waals surface area contributed by atoms with Crippen LogP contribution in [0.5, 0.6) is 0 Å². The maximum Gasteiger partial charge on any atom is 0.188 e. The van der Waals surface area contributed by atoms with Crippen LogP contribution in [-0.2, 0) is 0 Å². The standard InChI is InChI=1S/C16H25N3/c1-2-14(15-9-4-3-5-10-15)12-19-16(17)18-11-13-7-6-8-13/h3-5,9-10,13-14H,2,6-8,11-12H2,1H3,(H3,17,18,19). The molecule has 1 fully saturated rings. The fraction of sp³-hybridized carbons (Fsp3) is 0.562. The molecule has 3 N–H and O–H groups in total. The molecule has 1 aromatic rings.